The Kier molecular flexibility index (Phi) is 27.8. The molecule has 646 valence electrons. The van der Waals surface area contributed by atoms with Crippen molar-refractivity contribution in [3.63, 3.8) is 0 Å². The second-order valence-corrected chi connectivity index (χ2v) is 30.7. The lowest BCUT2D eigenvalue weighted by atomic mass is 10.0. The maximum Gasteiger partial charge on any atom is 0.416 e. The summed E-state index contributed by atoms with van der Waals surface area (Å²) in [5.41, 5.74) is 21.2. The molecule has 0 saturated carbocycles. The van der Waals surface area contributed by atoms with Crippen LogP contribution in [0.15, 0.2) is 171 Å². The van der Waals surface area contributed by atoms with Gasteiger partial charge in [0.15, 0.2) is 0 Å². The molecule has 0 bridgehead atoms. The minimum atomic E-state index is -4.59. The molecule has 0 unspecified atom stereocenters. The van der Waals surface area contributed by atoms with Crippen molar-refractivity contribution in [2.24, 2.45) is 0 Å². The highest BCUT2D eigenvalue weighted by Crippen LogP contribution is 2.39. The summed E-state index contributed by atoms with van der Waals surface area (Å²) in [6.45, 7) is 12.8. The number of aryl methyl sites for hydroxylation is 2. The number of nitriles is 2. The Bertz CT molecular complexity index is 6520. The van der Waals surface area contributed by atoms with E-state index in [1.54, 1.807) is 56.3 Å². The number of nitrogens with one attached hydrogen (secondary N) is 3. The van der Waals surface area contributed by atoms with E-state index in [4.69, 9.17) is 17.2 Å². The molecule has 12 aromatic rings. The number of alkyl halides is 9. The van der Waals surface area contributed by atoms with Gasteiger partial charge in [0.1, 0.15) is 23.3 Å². The minimum Gasteiger partial charge on any atom is -0.383 e. The molecule has 23 nitrogen and oxygen atoms in total. The van der Waals surface area contributed by atoms with E-state index >= 15 is 0 Å². The molecule has 3 amide bonds. The molecule has 6 aromatic heterocycles. The highest BCUT2D eigenvalue weighted by Gasteiger charge is 2.38. The molecule has 3 aliphatic heterocycles. The molecule has 9 N–H and O–H groups in total. The first-order chi connectivity index (χ1) is 60.6. The second kappa shape index (κ2) is 39.2. The molecule has 0 atom stereocenters. The maximum atomic E-state index is 14.0. The summed E-state index contributed by atoms with van der Waals surface area (Å²) in [7, 11) is 5.95. The molecular weight excluding hydrogens is 1650 g/mol. The van der Waals surface area contributed by atoms with Crippen molar-refractivity contribution in [1.82, 2.24) is 59.3 Å². The third-order valence-corrected chi connectivity index (χ3v) is 21.7. The van der Waals surface area contributed by atoms with Gasteiger partial charge in [-0.05, 0) is 161 Å². The van der Waals surface area contributed by atoms with Gasteiger partial charge >= 0.3 is 18.5 Å². The van der Waals surface area contributed by atoms with Crippen LogP contribution in [-0.4, -0.2) is 177 Å². The number of hydrogen-bond donors (Lipinski definition) is 6. The number of rotatable bonds is 12. The quantitative estimate of drug-likeness (QED) is 0.0489. The number of fused-ring (bicyclic) bond motifs is 3. The molecule has 127 heavy (non-hydrogen) atoms. The molecule has 3 aliphatic rings. The van der Waals surface area contributed by atoms with Gasteiger partial charge in [-0.3, -0.25) is 44.0 Å². The molecule has 9 heterocycles. The van der Waals surface area contributed by atoms with E-state index in [1.165, 1.54) is 110 Å². The molecule has 33 heteroatoms. The number of aromatic nitrogens is 6. The van der Waals surface area contributed by atoms with Gasteiger partial charge in [0.25, 0.3) is 17.7 Å². The Morgan fingerprint density at radius 2 is 0.756 bits per heavy atom. The number of amides is 3. The molecule has 3 fully saturated rings. The number of nitrogens with two attached hydrogens (primary N) is 3. The summed E-state index contributed by atoms with van der Waals surface area (Å²) in [6, 6.07) is 34.5. The molecule has 0 radical (unpaired) electrons. The number of pyridine rings is 6. The number of carbonyl (C=O) groups is 3. The third kappa shape index (κ3) is 22.9. The van der Waals surface area contributed by atoms with E-state index in [0.717, 1.165) is 57.5 Å². The average Bonchev–Trinajstić information content (AvgIpc) is 0.869. The zero-order valence-electron chi connectivity index (χ0n) is 69.3. The highest BCUT2D eigenvalue weighted by atomic mass is 19.4. The van der Waals surface area contributed by atoms with Gasteiger partial charge in [0, 0.05) is 208 Å². The Labute approximate surface area is 724 Å². The summed E-state index contributed by atoms with van der Waals surface area (Å²) in [5, 5.41) is 30.0. The van der Waals surface area contributed by atoms with Crippen molar-refractivity contribution in [1.29, 1.82) is 10.5 Å². The number of hydrogen-bond acceptors (Lipinski definition) is 20. The predicted molar refractivity (Wildman–Crippen MR) is 464 cm³/mol. The zero-order chi connectivity index (χ0) is 90.6. The van der Waals surface area contributed by atoms with Crippen LogP contribution < -0.4 is 33.2 Å². The van der Waals surface area contributed by atoms with Crippen molar-refractivity contribution in [2.45, 2.75) is 52.0 Å². The molecule has 0 aliphatic carbocycles. The van der Waals surface area contributed by atoms with Gasteiger partial charge in [-0.15, -0.1) is 0 Å². The zero-order valence-corrected chi connectivity index (χ0v) is 69.3. The number of likely N-dealkylation sites (N-methyl/N-ethyl adjacent to an activating group) is 3. The third-order valence-electron chi connectivity index (χ3n) is 21.7. The van der Waals surface area contributed by atoms with Crippen LogP contribution in [0.3, 0.4) is 0 Å². The van der Waals surface area contributed by atoms with Crippen LogP contribution in [0.25, 0.3) is 32.3 Å². The first kappa shape index (κ1) is 90.3. The van der Waals surface area contributed by atoms with Crippen LogP contribution in [0.4, 0.5) is 78.4 Å². The van der Waals surface area contributed by atoms with Crippen molar-refractivity contribution in [3.8, 4) is 47.7 Å². The van der Waals surface area contributed by atoms with Crippen molar-refractivity contribution in [2.75, 3.05) is 133 Å². The Morgan fingerprint density at radius 3 is 1.16 bits per heavy atom. The van der Waals surface area contributed by atoms with Crippen LogP contribution in [0, 0.1) is 77.8 Å². The fraction of sp³-hybridized carbons (Fsp3) is 0.245. The Morgan fingerprint density at radius 1 is 0.378 bits per heavy atom. The highest BCUT2D eigenvalue weighted by molar-refractivity contribution is 6.06. The van der Waals surface area contributed by atoms with E-state index in [2.05, 4.69) is 108 Å². The number of carbonyl (C=O) groups excluding carboxylic acids is 3. The van der Waals surface area contributed by atoms with Crippen LogP contribution in [0.1, 0.15) is 120 Å². The summed E-state index contributed by atoms with van der Waals surface area (Å²) in [6.07, 6.45) is -3.75. The van der Waals surface area contributed by atoms with E-state index in [1.807, 2.05) is 35.8 Å². The van der Waals surface area contributed by atoms with E-state index < -0.39 is 58.8 Å². The summed E-state index contributed by atoms with van der Waals surface area (Å²) >= 11 is 0. The SMILES string of the molecule is CN1CCN(Cc2ccc(NC(=O)c3cncc(C#Cc4cnc(N)c5ccc(C#N)cc45)c3)cc2C(F)(F)F)CC1.Cc1ncc(C(=O)Nc2ccc(CN3CCN(C)CC3)c(C(F)(F)F)c2)cc1C#Cc1c(N)ncc2ccc(F)cc12.Cc1ncc(C(=O)Nc2ccc(CN3CCN(C)CC3)c(C(F)(F)F)c2)cc1C#Cc1cnc(N)c2ccc(C#N)cc12. The molecule has 0 spiro atoms. The summed E-state index contributed by atoms with van der Waals surface area (Å²) in [5.74, 6) is 16.2. The number of benzene rings is 6. The maximum absolute atomic E-state index is 14.0. The van der Waals surface area contributed by atoms with Crippen LogP contribution >= 0.6 is 0 Å². The monoisotopic (exact) mass is 1730 g/mol. The first-order valence-electron chi connectivity index (χ1n) is 39.8. The van der Waals surface area contributed by atoms with Gasteiger partial charge in [-0.2, -0.15) is 50.0 Å². The summed E-state index contributed by atoms with van der Waals surface area (Å²) in [4.78, 5) is 76.5. The van der Waals surface area contributed by atoms with E-state index in [-0.39, 0.29) is 75.9 Å². The summed E-state index contributed by atoms with van der Waals surface area (Å²) < 4.78 is 140. The Hall–Kier alpha value is -14.5. The van der Waals surface area contributed by atoms with E-state index in [9.17, 15) is 68.8 Å². The average molecular weight is 1730 g/mol. The fourth-order valence-corrected chi connectivity index (χ4v) is 14.3. The molecular formula is C94H82F10N20O3. The van der Waals surface area contributed by atoms with E-state index in [0.29, 0.717) is 139 Å². The first-order valence-corrected chi connectivity index (χ1v) is 39.8. The molecule has 3 saturated heterocycles. The number of nitrogen functional groups attached to an aromatic ring is 3. The van der Waals surface area contributed by atoms with Crippen molar-refractivity contribution in [3.05, 3.63) is 283 Å². The largest absolute Gasteiger partial charge is 0.416 e. The standard InChI is InChI=1S/C32H28F3N7O.C31H28F4N6O.C31H26F3N7O/c1-20-22(4-5-23-17-39-30(37)27-8-3-21(16-36)13-28(23)27)14-25(18-38-20)31(43)40-26-7-6-24(29(15-26)32(33,34)35)19-42-11-9-41(2)10-12-42;1-19-20(5-8-26-27-14-24(32)6-3-21(27)16-38-29(26)36)13-23(17-37-19)30(42)39-25-7-4-22(28(15-25)31(33,34)35)18-41-11-9-40(2)10-12-41;1-40-8-10-41(11-9-40)19-23-5-6-25(14-28(23)31(32,33)34)39-30(42)24-12-21(16-37-17-24)2-4-22-18-38-29(36)26-7-3-20(15-35)13-27(22)26/h3,6-8,13-15,17-18H,9-12,19H2,1-2H3,(H2,37,39)(H,40,43);3-4,6-7,13-17H,9-12,18H2,1-2H3,(H2,36,38)(H,39,42);3,5-7,12-14,16-18H,8-11,19H2,1H3,(H2,36,38)(H,39,42). The topological polar surface area (TPSA) is 310 Å². The number of anilines is 6. The fourth-order valence-electron chi connectivity index (χ4n) is 14.3. The Balaban J connectivity index is 0.000000163. The van der Waals surface area contributed by atoms with Gasteiger partial charge in [-0.25, -0.2) is 19.3 Å². The predicted octanol–water partition coefficient (Wildman–Crippen LogP) is 14.4. The lowest BCUT2D eigenvalue weighted by Crippen LogP contribution is -2.44. The van der Waals surface area contributed by atoms with Crippen LogP contribution in [0.5, 0.6) is 0 Å². The van der Waals surface area contributed by atoms with Crippen molar-refractivity contribution >= 4 is 84.6 Å². The van der Waals surface area contributed by atoms with Crippen LogP contribution in [-0.2, 0) is 38.2 Å². The minimum absolute atomic E-state index is 0.0132. The van der Waals surface area contributed by atoms with Gasteiger partial charge in [-0.1, -0.05) is 53.7 Å². The molecule has 6 aromatic carbocycles. The van der Waals surface area contributed by atoms with Gasteiger partial charge < -0.3 is 47.9 Å². The number of piperazine rings is 3. The van der Waals surface area contributed by atoms with Crippen molar-refractivity contribution < 1.29 is 58.3 Å². The van der Waals surface area contributed by atoms with Gasteiger partial charge in [0.05, 0.1) is 84.7 Å². The normalized spacial score (nSPS) is 14.2. The smallest absolute Gasteiger partial charge is 0.383 e. The molecule has 15 rings (SSSR count). The number of nitrogens with zero attached hydrogens (tertiary/aromatic N) is 14. The lowest BCUT2D eigenvalue weighted by molar-refractivity contribution is -0.139. The second-order valence-electron chi connectivity index (χ2n) is 30.7. The number of halogens is 10. The lowest BCUT2D eigenvalue weighted by Gasteiger charge is -2.33. The van der Waals surface area contributed by atoms with Gasteiger partial charge in [0.2, 0.25) is 0 Å². The van der Waals surface area contributed by atoms with Crippen LogP contribution in [0.2, 0.25) is 0 Å².